The lowest BCUT2D eigenvalue weighted by Crippen LogP contribution is -1.92. The fourth-order valence-electron chi connectivity index (χ4n) is 1.70. The number of nitrogens with zero attached hydrogens (tertiary/aromatic N) is 4. The summed E-state index contributed by atoms with van der Waals surface area (Å²) in [5.74, 6) is 1.01. The van der Waals surface area contributed by atoms with Gasteiger partial charge in [-0.25, -0.2) is 0 Å². The fourth-order valence-corrected chi connectivity index (χ4v) is 2.33. The van der Waals surface area contributed by atoms with E-state index in [-0.39, 0.29) is 0 Å². The molecule has 0 spiro atoms. The SMILES string of the molecule is CCCSc1nnc2c(n1)[n-]c1ccccc12. The van der Waals surface area contributed by atoms with Crippen LogP contribution in [-0.4, -0.2) is 20.9 Å². The molecule has 0 aliphatic rings. The number of hydrogen-bond donors (Lipinski definition) is 0. The number of rotatable bonds is 3. The summed E-state index contributed by atoms with van der Waals surface area (Å²) >= 11 is 1.62. The molecule has 1 aromatic carbocycles. The first-order chi connectivity index (χ1) is 8.38. The third-order valence-electron chi connectivity index (χ3n) is 2.47. The Bertz CT molecular complexity index is 662. The van der Waals surface area contributed by atoms with Gasteiger partial charge >= 0.3 is 0 Å². The van der Waals surface area contributed by atoms with Crippen molar-refractivity contribution < 1.29 is 0 Å². The number of aromatic nitrogens is 4. The highest BCUT2D eigenvalue weighted by Crippen LogP contribution is 2.22. The smallest absolute Gasteiger partial charge is 0.108 e. The topological polar surface area (TPSA) is 52.8 Å². The zero-order valence-electron chi connectivity index (χ0n) is 9.42. The Morgan fingerprint density at radius 2 is 2.12 bits per heavy atom. The van der Waals surface area contributed by atoms with Crippen LogP contribution in [0.15, 0.2) is 29.4 Å². The van der Waals surface area contributed by atoms with E-state index in [2.05, 4.69) is 27.1 Å². The molecule has 2 heterocycles. The van der Waals surface area contributed by atoms with Crippen LogP contribution in [0.3, 0.4) is 0 Å². The van der Waals surface area contributed by atoms with Gasteiger partial charge in [0.15, 0.2) is 0 Å². The Labute approximate surface area is 103 Å². The third kappa shape index (κ3) is 1.86. The lowest BCUT2D eigenvalue weighted by Gasteiger charge is -2.03. The summed E-state index contributed by atoms with van der Waals surface area (Å²) in [6.07, 6.45) is 1.10. The van der Waals surface area contributed by atoms with Crippen LogP contribution in [0.1, 0.15) is 13.3 Å². The van der Waals surface area contributed by atoms with Crippen LogP contribution in [0.25, 0.3) is 22.1 Å². The van der Waals surface area contributed by atoms with Gasteiger partial charge in [0.25, 0.3) is 0 Å². The van der Waals surface area contributed by atoms with E-state index in [1.165, 1.54) is 0 Å². The lowest BCUT2D eigenvalue weighted by molar-refractivity contribution is 0.875. The zero-order chi connectivity index (χ0) is 11.7. The molecule has 3 aromatic rings. The standard InChI is InChI=1S/C12H11N4S/c1-2-7-17-12-14-11-10(15-16-12)8-5-3-4-6-9(8)13-11/h3-6H,2,7H2,1H3/q-1. The molecule has 5 heteroatoms. The van der Waals surface area contributed by atoms with Crippen molar-refractivity contribution in [2.45, 2.75) is 18.5 Å². The fraction of sp³-hybridized carbons (Fsp3) is 0.250. The molecule has 4 nitrogen and oxygen atoms in total. The molecule has 0 aliphatic heterocycles. The maximum atomic E-state index is 4.46. The molecule has 0 saturated carbocycles. The van der Waals surface area contributed by atoms with Crippen molar-refractivity contribution in [3.8, 4) is 0 Å². The molecule has 2 aromatic heterocycles. The van der Waals surface area contributed by atoms with Gasteiger partial charge in [-0.1, -0.05) is 31.2 Å². The van der Waals surface area contributed by atoms with Gasteiger partial charge in [-0.15, -0.1) is 22.0 Å². The molecule has 3 rings (SSSR count). The van der Waals surface area contributed by atoms with Crippen LogP contribution >= 0.6 is 11.8 Å². The maximum absolute atomic E-state index is 4.46. The molecule has 86 valence electrons. The molecule has 0 aliphatic carbocycles. The highest BCUT2D eigenvalue weighted by atomic mass is 32.2. The van der Waals surface area contributed by atoms with Gasteiger partial charge in [-0.05, 0) is 23.3 Å². The predicted octanol–water partition coefficient (Wildman–Crippen LogP) is 2.64. The van der Waals surface area contributed by atoms with E-state index < -0.39 is 0 Å². The van der Waals surface area contributed by atoms with Gasteiger partial charge < -0.3 is 9.97 Å². The monoisotopic (exact) mass is 243 g/mol. The Balaban J connectivity index is 2.13. The van der Waals surface area contributed by atoms with Crippen LogP contribution in [-0.2, 0) is 0 Å². The van der Waals surface area contributed by atoms with Gasteiger partial charge in [0.2, 0.25) is 0 Å². The average molecular weight is 243 g/mol. The van der Waals surface area contributed by atoms with Crippen molar-refractivity contribution >= 4 is 33.8 Å². The summed E-state index contributed by atoms with van der Waals surface area (Å²) in [6, 6.07) is 7.91. The number of para-hydroxylation sites is 1. The van der Waals surface area contributed by atoms with Gasteiger partial charge in [0.1, 0.15) is 5.16 Å². The van der Waals surface area contributed by atoms with Gasteiger partial charge in [0.05, 0.1) is 5.52 Å². The van der Waals surface area contributed by atoms with E-state index in [0.717, 1.165) is 28.6 Å². The predicted molar refractivity (Wildman–Crippen MR) is 69.2 cm³/mol. The summed E-state index contributed by atoms with van der Waals surface area (Å²) < 4.78 is 0. The van der Waals surface area contributed by atoms with Crippen molar-refractivity contribution in [1.82, 2.24) is 20.2 Å². The Morgan fingerprint density at radius 1 is 1.24 bits per heavy atom. The molecule has 0 unspecified atom stereocenters. The Hall–Kier alpha value is -1.62. The van der Waals surface area contributed by atoms with Crippen molar-refractivity contribution in [3.63, 3.8) is 0 Å². The molecule has 0 bridgehead atoms. The lowest BCUT2D eigenvalue weighted by atomic mass is 10.2. The second-order valence-electron chi connectivity index (χ2n) is 3.74. The number of thioether (sulfide) groups is 1. The first-order valence-corrected chi connectivity index (χ1v) is 6.55. The van der Waals surface area contributed by atoms with E-state index in [1.807, 2.05) is 24.3 Å². The summed E-state index contributed by atoms with van der Waals surface area (Å²) in [5.41, 5.74) is 2.42. The average Bonchev–Trinajstić information content (AvgIpc) is 2.74. The molecule has 0 fully saturated rings. The molecule has 0 amide bonds. The Morgan fingerprint density at radius 3 is 3.00 bits per heavy atom. The van der Waals surface area contributed by atoms with E-state index >= 15 is 0 Å². The molecular formula is C12H11N4S-. The van der Waals surface area contributed by atoms with Crippen LogP contribution in [0, 0.1) is 0 Å². The highest BCUT2D eigenvalue weighted by Gasteiger charge is 2.00. The number of benzene rings is 1. The summed E-state index contributed by atoms with van der Waals surface area (Å²) in [5, 5.41) is 10.1. The second-order valence-corrected chi connectivity index (χ2v) is 4.81. The molecule has 0 atom stereocenters. The number of hydrogen-bond acceptors (Lipinski definition) is 4. The van der Waals surface area contributed by atoms with Crippen molar-refractivity contribution in [1.29, 1.82) is 0 Å². The molecule has 17 heavy (non-hydrogen) atoms. The normalized spacial score (nSPS) is 11.4. The Kier molecular flexibility index (Phi) is 2.68. The summed E-state index contributed by atoms with van der Waals surface area (Å²) in [6.45, 7) is 2.13. The third-order valence-corrected chi connectivity index (χ3v) is 3.51. The van der Waals surface area contributed by atoms with E-state index in [4.69, 9.17) is 0 Å². The molecular weight excluding hydrogens is 232 g/mol. The molecule has 0 radical (unpaired) electrons. The van der Waals surface area contributed by atoms with Crippen LogP contribution in [0.4, 0.5) is 0 Å². The second kappa shape index (κ2) is 4.33. The van der Waals surface area contributed by atoms with Crippen LogP contribution < -0.4 is 4.98 Å². The van der Waals surface area contributed by atoms with Crippen LogP contribution in [0.2, 0.25) is 0 Å². The first-order valence-electron chi connectivity index (χ1n) is 5.57. The summed E-state index contributed by atoms with van der Waals surface area (Å²) in [7, 11) is 0. The highest BCUT2D eigenvalue weighted by molar-refractivity contribution is 7.99. The van der Waals surface area contributed by atoms with Crippen molar-refractivity contribution in [2.75, 3.05) is 5.75 Å². The minimum absolute atomic E-state index is 0.694. The van der Waals surface area contributed by atoms with Gasteiger partial charge in [-0.2, -0.15) is 0 Å². The van der Waals surface area contributed by atoms with E-state index in [0.29, 0.717) is 10.8 Å². The quantitative estimate of drug-likeness (QED) is 0.662. The van der Waals surface area contributed by atoms with Gasteiger partial charge in [0, 0.05) is 5.39 Å². The van der Waals surface area contributed by atoms with E-state index in [1.54, 1.807) is 11.8 Å². The first kappa shape index (κ1) is 10.5. The van der Waals surface area contributed by atoms with E-state index in [9.17, 15) is 0 Å². The minimum Gasteiger partial charge on any atom is -0.434 e. The number of fused-ring (bicyclic) bond motifs is 3. The zero-order valence-corrected chi connectivity index (χ0v) is 10.2. The van der Waals surface area contributed by atoms with Crippen molar-refractivity contribution in [2.24, 2.45) is 0 Å². The molecule has 0 saturated heterocycles. The van der Waals surface area contributed by atoms with Gasteiger partial charge in [-0.3, -0.25) is 0 Å². The summed E-state index contributed by atoms with van der Waals surface area (Å²) in [4.78, 5) is 8.89. The largest absolute Gasteiger partial charge is 0.434 e. The van der Waals surface area contributed by atoms with Crippen LogP contribution in [0.5, 0.6) is 0 Å². The van der Waals surface area contributed by atoms with Crippen molar-refractivity contribution in [3.05, 3.63) is 24.3 Å². The molecule has 0 N–H and O–H groups in total. The maximum Gasteiger partial charge on any atom is 0.108 e. The minimum atomic E-state index is 0.694.